The maximum Gasteiger partial charge on any atom is 0.328 e. The molecule has 96 valence electrons. The zero-order valence-electron chi connectivity index (χ0n) is 9.43. The highest BCUT2D eigenvalue weighted by molar-refractivity contribution is 6.30. The topological polar surface area (TPSA) is 75.6 Å². The zero-order valence-corrected chi connectivity index (χ0v) is 10.2. The molecule has 2 atom stereocenters. The summed E-state index contributed by atoms with van der Waals surface area (Å²) >= 11 is 5.77. The Morgan fingerprint density at radius 1 is 1.44 bits per heavy atom. The van der Waals surface area contributed by atoms with Crippen LogP contribution >= 0.6 is 11.6 Å². The lowest BCUT2D eigenvalue weighted by molar-refractivity contribution is -0.154. The van der Waals surface area contributed by atoms with Crippen LogP contribution in [0.5, 0.6) is 0 Å². The number of nitrogens with one attached hydrogen (secondary N) is 1. The van der Waals surface area contributed by atoms with Crippen LogP contribution in [0.4, 0.5) is 0 Å². The van der Waals surface area contributed by atoms with Gasteiger partial charge in [-0.25, -0.2) is 4.79 Å². The molecule has 1 fully saturated rings. The molecule has 2 N–H and O–H groups in total. The quantitative estimate of drug-likeness (QED) is 0.853. The molecule has 1 amide bonds. The van der Waals surface area contributed by atoms with Gasteiger partial charge in [-0.15, -0.1) is 0 Å². The number of carboxylic acid groups (broad SMARTS) is 1. The molecule has 0 aromatic heterocycles. The molecule has 1 aromatic rings. The lowest BCUT2D eigenvalue weighted by Gasteiger charge is -2.29. The number of carbonyl (C=O) groups excluding carboxylic acids is 1. The Balaban J connectivity index is 2.09. The monoisotopic (exact) mass is 269 g/mol. The van der Waals surface area contributed by atoms with E-state index in [0.29, 0.717) is 11.4 Å². The first-order chi connectivity index (χ1) is 8.56. The molecule has 0 bridgehead atoms. The number of halogens is 1. The number of morpholine rings is 1. The fraction of sp³-hybridized carbons (Fsp3) is 0.333. The number of rotatable bonds is 3. The van der Waals surface area contributed by atoms with Crippen molar-refractivity contribution in [1.82, 2.24) is 5.32 Å². The van der Waals surface area contributed by atoms with Gasteiger partial charge < -0.3 is 15.2 Å². The summed E-state index contributed by atoms with van der Waals surface area (Å²) in [5, 5.41) is 12.1. The van der Waals surface area contributed by atoms with Crippen LogP contribution in [-0.2, 0) is 20.7 Å². The summed E-state index contributed by atoms with van der Waals surface area (Å²) in [6, 6.07) is 6.06. The van der Waals surface area contributed by atoms with Gasteiger partial charge in [-0.05, 0) is 17.7 Å². The van der Waals surface area contributed by atoms with Crippen LogP contribution in [0.15, 0.2) is 24.3 Å². The highest BCUT2D eigenvalue weighted by Crippen LogP contribution is 2.15. The molecule has 18 heavy (non-hydrogen) atoms. The molecular weight excluding hydrogens is 258 g/mol. The van der Waals surface area contributed by atoms with E-state index in [2.05, 4.69) is 5.32 Å². The summed E-state index contributed by atoms with van der Waals surface area (Å²) in [5.41, 5.74) is 0.909. The van der Waals surface area contributed by atoms with Crippen LogP contribution in [0.1, 0.15) is 5.56 Å². The molecule has 5 nitrogen and oxygen atoms in total. The lowest BCUT2D eigenvalue weighted by atomic mass is 10.0. The molecule has 2 unspecified atom stereocenters. The van der Waals surface area contributed by atoms with Crippen molar-refractivity contribution in [2.45, 2.75) is 18.6 Å². The van der Waals surface area contributed by atoms with E-state index in [-0.39, 0.29) is 6.61 Å². The summed E-state index contributed by atoms with van der Waals surface area (Å²) < 4.78 is 5.27. The molecule has 2 rings (SSSR count). The molecule has 6 heteroatoms. The van der Waals surface area contributed by atoms with Crippen LogP contribution in [0, 0.1) is 0 Å². The molecule has 0 spiro atoms. The summed E-state index contributed by atoms with van der Waals surface area (Å²) in [7, 11) is 0. The normalized spacial score (nSPS) is 23.5. The number of carboxylic acids is 1. The molecule has 1 aromatic carbocycles. The molecule has 0 radical (unpaired) electrons. The van der Waals surface area contributed by atoms with Crippen molar-refractivity contribution in [2.75, 3.05) is 6.61 Å². The minimum Gasteiger partial charge on any atom is -0.480 e. The Kier molecular flexibility index (Phi) is 3.84. The summed E-state index contributed by atoms with van der Waals surface area (Å²) in [6.45, 7) is -0.109. The number of carbonyl (C=O) groups is 2. The van der Waals surface area contributed by atoms with Gasteiger partial charge >= 0.3 is 5.97 Å². The van der Waals surface area contributed by atoms with Crippen LogP contribution in [0.25, 0.3) is 0 Å². The third-order valence-corrected chi connectivity index (χ3v) is 2.98. The molecule has 1 heterocycles. The van der Waals surface area contributed by atoms with E-state index in [1.54, 1.807) is 24.3 Å². The maximum absolute atomic E-state index is 11.1. The predicted molar refractivity (Wildman–Crippen MR) is 64.5 cm³/mol. The van der Waals surface area contributed by atoms with Gasteiger partial charge in [0.1, 0.15) is 6.61 Å². The molecule has 1 aliphatic rings. The Morgan fingerprint density at radius 3 is 2.72 bits per heavy atom. The van der Waals surface area contributed by atoms with Crippen LogP contribution < -0.4 is 5.32 Å². The van der Waals surface area contributed by atoms with Crippen molar-refractivity contribution < 1.29 is 19.4 Å². The van der Waals surface area contributed by atoms with Crippen molar-refractivity contribution in [3.05, 3.63) is 34.9 Å². The molecular formula is C12H12ClNO4. The molecule has 1 aliphatic heterocycles. The largest absolute Gasteiger partial charge is 0.480 e. The first-order valence-electron chi connectivity index (χ1n) is 5.44. The second kappa shape index (κ2) is 5.37. The van der Waals surface area contributed by atoms with E-state index in [0.717, 1.165) is 5.56 Å². The Hall–Kier alpha value is -1.59. The fourth-order valence-electron chi connectivity index (χ4n) is 1.84. The second-order valence-electron chi connectivity index (χ2n) is 4.06. The first kappa shape index (κ1) is 12.9. The van der Waals surface area contributed by atoms with Crippen molar-refractivity contribution in [2.24, 2.45) is 0 Å². The summed E-state index contributed by atoms with van der Waals surface area (Å²) in [5.74, 6) is -1.50. The maximum atomic E-state index is 11.1. The van der Waals surface area contributed by atoms with E-state index in [1.165, 1.54) is 0 Å². The average molecular weight is 270 g/mol. The highest BCUT2D eigenvalue weighted by Gasteiger charge is 2.34. The van der Waals surface area contributed by atoms with Gasteiger partial charge in [0.25, 0.3) is 0 Å². The SMILES string of the molecule is O=C1COC(Cc2ccc(Cl)cc2)C(C(=O)O)N1. The third kappa shape index (κ3) is 3.00. The number of ether oxygens (including phenoxy) is 1. The number of amides is 1. The lowest BCUT2D eigenvalue weighted by Crippen LogP contribution is -2.56. The minimum absolute atomic E-state index is 0.109. The van der Waals surface area contributed by atoms with E-state index < -0.39 is 24.0 Å². The van der Waals surface area contributed by atoms with Gasteiger partial charge in [-0.2, -0.15) is 0 Å². The molecule has 1 saturated heterocycles. The number of hydrogen-bond donors (Lipinski definition) is 2. The number of aliphatic carboxylic acids is 1. The van der Waals surface area contributed by atoms with E-state index >= 15 is 0 Å². The smallest absolute Gasteiger partial charge is 0.328 e. The van der Waals surface area contributed by atoms with E-state index in [4.69, 9.17) is 21.4 Å². The first-order valence-corrected chi connectivity index (χ1v) is 5.82. The highest BCUT2D eigenvalue weighted by atomic mass is 35.5. The van der Waals surface area contributed by atoms with Gasteiger partial charge in [0.2, 0.25) is 5.91 Å². The van der Waals surface area contributed by atoms with Crippen molar-refractivity contribution >= 4 is 23.5 Å². The van der Waals surface area contributed by atoms with Crippen molar-refractivity contribution in [1.29, 1.82) is 0 Å². The molecule has 0 saturated carbocycles. The van der Waals surface area contributed by atoms with Crippen LogP contribution in [-0.4, -0.2) is 35.7 Å². The van der Waals surface area contributed by atoms with Crippen molar-refractivity contribution in [3.8, 4) is 0 Å². The van der Waals surface area contributed by atoms with Gasteiger partial charge in [0.15, 0.2) is 6.04 Å². The number of hydrogen-bond acceptors (Lipinski definition) is 3. The standard InChI is InChI=1S/C12H12ClNO4/c13-8-3-1-7(2-4-8)5-9-11(12(16)17)14-10(15)6-18-9/h1-4,9,11H,5-6H2,(H,14,15)(H,16,17). The Morgan fingerprint density at radius 2 is 2.11 bits per heavy atom. The predicted octanol–water partition coefficient (Wildman–Crippen LogP) is 0.851. The van der Waals surface area contributed by atoms with Crippen LogP contribution in [0.3, 0.4) is 0 Å². The summed E-state index contributed by atoms with van der Waals surface area (Å²) in [4.78, 5) is 22.1. The van der Waals surface area contributed by atoms with Gasteiger partial charge in [0.05, 0.1) is 6.10 Å². The zero-order chi connectivity index (χ0) is 13.1. The van der Waals surface area contributed by atoms with Gasteiger partial charge in [-0.1, -0.05) is 23.7 Å². The van der Waals surface area contributed by atoms with E-state index in [9.17, 15) is 9.59 Å². The van der Waals surface area contributed by atoms with E-state index in [1.807, 2.05) is 0 Å². The van der Waals surface area contributed by atoms with Crippen molar-refractivity contribution in [3.63, 3.8) is 0 Å². The molecule has 0 aliphatic carbocycles. The Bertz CT molecular complexity index is 460. The fourth-order valence-corrected chi connectivity index (χ4v) is 1.96. The van der Waals surface area contributed by atoms with Crippen LogP contribution in [0.2, 0.25) is 5.02 Å². The second-order valence-corrected chi connectivity index (χ2v) is 4.50. The summed E-state index contributed by atoms with van der Waals surface area (Å²) in [6.07, 6.45) is -0.157. The van der Waals surface area contributed by atoms with Gasteiger partial charge in [0, 0.05) is 11.4 Å². The average Bonchev–Trinajstić information content (AvgIpc) is 2.34. The minimum atomic E-state index is -1.10. The third-order valence-electron chi connectivity index (χ3n) is 2.73. The Labute approximate surface area is 109 Å². The van der Waals surface area contributed by atoms with Gasteiger partial charge in [-0.3, -0.25) is 4.79 Å². The number of benzene rings is 1.